The van der Waals surface area contributed by atoms with E-state index in [1.807, 2.05) is 25.0 Å². The first-order chi connectivity index (χ1) is 7.02. The molecule has 0 aliphatic carbocycles. The van der Waals surface area contributed by atoms with Crippen LogP contribution in [-0.4, -0.2) is 17.8 Å². The molecule has 1 aliphatic heterocycles. The van der Waals surface area contributed by atoms with E-state index in [-0.39, 0.29) is 11.4 Å². The second-order valence-corrected chi connectivity index (χ2v) is 4.32. The van der Waals surface area contributed by atoms with Crippen LogP contribution < -0.4 is 0 Å². The van der Waals surface area contributed by atoms with Crippen LogP contribution in [0.3, 0.4) is 0 Å². The second kappa shape index (κ2) is 3.33. The van der Waals surface area contributed by atoms with Crippen molar-refractivity contribution in [2.45, 2.75) is 25.8 Å². The van der Waals surface area contributed by atoms with Crippen LogP contribution in [0.2, 0.25) is 0 Å². The SMILES string of the molecule is CC1=NN(C)C(C)(c2cccc(F)c2)C1. The molecule has 1 unspecified atom stereocenters. The van der Waals surface area contributed by atoms with Gasteiger partial charge in [0.05, 0.1) is 5.54 Å². The number of hydrogen-bond acceptors (Lipinski definition) is 2. The van der Waals surface area contributed by atoms with Gasteiger partial charge in [-0.3, -0.25) is 5.01 Å². The van der Waals surface area contributed by atoms with Crippen molar-refractivity contribution < 1.29 is 4.39 Å². The van der Waals surface area contributed by atoms with Gasteiger partial charge in [-0.2, -0.15) is 5.10 Å². The summed E-state index contributed by atoms with van der Waals surface area (Å²) in [6.45, 7) is 4.09. The third-order valence-electron chi connectivity index (χ3n) is 3.08. The lowest BCUT2D eigenvalue weighted by molar-refractivity contribution is 0.173. The quantitative estimate of drug-likeness (QED) is 0.689. The smallest absolute Gasteiger partial charge is 0.123 e. The summed E-state index contributed by atoms with van der Waals surface area (Å²) in [5.74, 6) is -0.188. The molecule has 1 aromatic carbocycles. The molecule has 1 heterocycles. The summed E-state index contributed by atoms with van der Waals surface area (Å²) in [6, 6.07) is 6.76. The summed E-state index contributed by atoms with van der Waals surface area (Å²) >= 11 is 0. The lowest BCUT2D eigenvalue weighted by Crippen LogP contribution is -2.34. The number of hydrogen-bond donors (Lipinski definition) is 0. The highest BCUT2D eigenvalue weighted by atomic mass is 19.1. The highest BCUT2D eigenvalue weighted by molar-refractivity contribution is 5.84. The molecule has 2 rings (SSSR count). The van der Waals surface area contributed by atoms with Crippen LogP contribution in [0.1, 0.15) is 25.8 Å². The zero-order valence-corrected chi connectivity index (χ0v) is 9.29. The molecule has 1 aliphatic rings. The molecular weight excluding hydrogens is 191 g/mol. The maximum Gasteiger partial charge on any atom is 0.123 e. The highest BCUT2D eigenvalue weighted by Gasteiger charge is 2.36. The monoisotopic (exact) mass is 206 g/mol. The molecule has 0 N–H and O–H groups in total. The molecule has 3 heteroatoms. The maximum atomic E-state index is 13.2. The van der Waals surface area contributed by atoms with E-state index < -0.39 is 0 Å². The predicted molar refractivity (Wildman–Crippen MR) is 59.2 cm³/mol. The van der Waals surface area contributed by atoms with Crippen molar-refractivity contribution in [1.29, 1.82) is 0 Å². The second-order valence-electron chi connectivity index (χ2n) is 4.32. The van der Waals surface area contributed by atoms with Crippen LogP contribution in [0.4, 0.5) is 4.39 Å². The Morgan fingerprint density at radius 2 is 2.20 bits per heavy atom. The van der Waals surface area contributed by atoms with Crippen molar-refractivity contribution in [2.24, 2.45) is 5.10 Å². The summed E-state index contributed by atoms with van der Waals surface area (Å²) in [7, 11) is 1.93. The van der Waals surface area contributed by atoms with Crippen molar-refractivity contribution in [3.05, 3.63) is 35.6 Å². The summed E-state index contributed by atoms with van der Waals surface area (Å²) in [5, 5.41) is 6.29. The Labute approximate surface area is 89.4 Å². The number of rotatable bonds is 1. The van der Waals surface area contributed by atoms with Gasteiger partial charge in [-0.05, 0) is 31.5 Å². The van der Waals surface area contributed by atoms with Gasteiger partial charge in [0.15, 0.2) is 0 Å². The number of hydrazone groups is 1. The molecule has 0 saturated carbocycles. The predicted octanol–water partition coefficient (Wildman–Crippen LogP) is 2.75. The minimum Gasteiger partial charge on any atom is -0.290 e. The van der Waals surface area contributed by atoms with E-state index in [9.17, 15) is 4.39 Å². The third kappa shape index (κ3) is 1.62. The lowest BCUT2D eigenvalue weighted by atomic mass is 9.88. The molecule has 1 aromatic rings. The number of nitrogens with zero attached hydrogens (tertiary/aromatic N) is 2. The summed E-state index contributed by atoms with van der Waals surface area (Å²) in [6.07, 6.45) is 0.854. The Balaban J connectivity index is 2.39. The molecule has 0 saturated heterocycles. The molecule has 80 valence electrons. The fourth-order valence-electron chi connectivity index (χ4n) is 2.13. The molecule has 0 bridgehead atoms. The number of benzene rings is 1. The average Bonchev–Trinajstić information content (AvgIpc) is 2.42. The van der Waals surface area contributed by atoms with E-state index >= 15 is 0 Å². The lowest BCUT2D eigenvalue weighted by Gasteiger charge is -2.32. The summed E-state index contributed by atoms with van der Waals surface area (Å²) in [4.78, 5) is 0. The van der Waals surface area contributed by atoms with Gasteiger partial charge in [-0.15, -0.1) is 0 Å². The van der Waals surface area contributed by atoms with E-state index in [1.165, 1.54) is 6.07 Å². The Kier molecular flexibility index (Phi) is 2.25. The molecule has 0 radical (unpaired) electrons. The first kappa shape index (κ1) is 10.1. The zero-order valence-electron chi connectivity index (χ0n) is 9.29. The maximum absolute atomic E-state index is 13.2. The van der Waals surface area contributed by atoms with Crippen LogP contribution in [0.5, 0.6) is 0 Å². The summed E-state index contributed by atoms with van der Waals surface area (Å²) < 4.78 is 13.2. The standard InChI is InChI=1S/C12H15FN2/c1-9-8-12(2,15(3)14-9)10-5-4-6-11(13)7-10/h4-7H,8H2,1-3H3. The molecular formula is C12H15FN2. The van der Waals surface area contributed by atoms with Gasteiger partial charge in [0.2, 0.25) is 0 Å². The van der Waals surface area contributed by atoms with Crippen LogP contribution in [0.25, 0.3) is 0 Å². The minimum absolute atomic E-state index is 0.188. The van der Waals surface area contributed by atoms with Crippen LogP contribution in [-0.2, 0) is 5.54 Å². The van der Waals surface area contributed by atoms with Crippen molar-refractivity contribution >= 4 is 5.71 Å². The molecule has 1 atom stereocenters. The average molecular weight is 206 g/mol. The van der Waals surface area contributed by atoms with Gasteiger partial charge in [0.1, 0.15) is 5.82 Å². The zero-order chi connectivity index (χ0) is 11.1. The third-order valence-corrected chi connectivity index (χ3v) is 3.08. The number of halogens is 1. The van der Waals surface area contributed by atoms with Gasteiger partial charge >= 0.3 is 0 Å². The Morgan fingerprint density at radius 3 is 2.73 bits per heavy atom. The van der Waals surface area contributed by atoms with Crippen molar-refractivity contribution in [2.75, 3.05) is 7.05 Å². The molecule has 0 fully saturated rings. The van der Waals surface area contributed by atoms with Crippen molar-refractivity contribution in [3.8, 4) is 0 Å². The Morgan fingerprint density at radius 1 is 1.47 bits per heavy atom. The van der Waals surface area contributed by atoms with Crippen LogP contribution in [0, 0.1) is 5.82 Å². The molecule has 15 heavy (non-hydrogen) atoms. The van der Waals surface area contributed by atoms with Gasteiger partial charge < -0.3 is 0 Å². The molecule has 0 amide bonds. The fourth-order valence-corrected chi connectivity index (χ4v) is 2.13. The molecule has 2 nitrogen and oxygen atoms in total. The Hall–Kier alpha value is -1.38. The first-order valence-corrected chi connectivity index (χ1v) is 5.06. The molecule has 0 aromatic heterocycles. The van der Waals surface area contributed by atoms with Gasteiger partial charge in [0, 0.05) is 19.2 Å². The summed E-state index contributed by atoms with van der Waals surface area (Å²) in [5.41, 5.74) is 1.86. The van der Waals surface area contributed by atoms with Crippen molar-refractivity contribution in [3.63, 3.8) is 0 Å². The topological polar surface area (TPSA) is 15.6 Å². The minimum atomic E-state index is -0.202. The van der Waals surface area contributed by atoms with Gasteiger partial charge in [0.25, 0.3) is 0 Å². The van der Waals surface area contributed by atoms with Crippen molar-refractivity contribution in [1.82, 2.24) is 5.01 Å². The Bertz CT molecular complexity index is 414. The van der Waals surface area contributed by atoms with E-state index in [2.05, 4.69) is 12.0 Å². The van der Waals surface area contributed by atoms with Crippen LogP contribution >= 0.6 is 0 Å². The van der Waals surface area contributed by atoms with E-state index in [4.69, 9.17) is 0 Å². The van der Waals surface area contributed by atoms with E-state index in [0.29, 0.717) is 0 Å². The molecule has 0 spiro atoms. The van der Waals surface area contributed by atoms with E-state index in [0.717, 1.165) is 17.7 Å². The highest BCUT2D eigenvalue weighted by Crippen LogP contribution is 2.35. The van der Waals surface area contributed by atoms with Crippen LogP contribution in [0.15, 0.2) is 29.4 Å². The fraction of sp³-hybridized carbons (Fsp3) is 0.417. The largest absolute Gasteiger partial charge is 0.290 e. The van der Waals surface area contributed by atoms with E-state index in [1.54, 1.807) is 12.1 Å². The first-order valence-electron chi connectivity index (χ1n) is 5.06. The van der Waals surface area contributed by atoms with Gasteiger partial charge in [-0.25, -0.2) is 4.39 Å². The normalized spacial score (nSPS) is 25.6. The van der Waals surface area contributed by atoms with Gasteiger partial charge in [-0.1, -0.05) is 12.1 Å².